The van der Waals surface area contributed by atoms with Crippen LogP contribution >= 0.6 is 47.6 Å². The molecule has 13 heteroatoms. The lowest BCUT2D eigenvalue weighted by Crippen LogP contribution is -2.28. The van der Waals surface area contributed by atoms with E-state index >= 15 is 0 Å². The maximum Gasteiger partial charge on any atom is 0.412 e. The molecule has 6 N–H and O–H groups in total. The fourth-order valence-electron chi connectivity index (χ4n) is 6.36. The molecule has 2 aliphatic rings. The Balaban J connectivity index is 0.000000305. The SMILES string of the molecule is CC(=O)NCCS.CC(=O)NCCSC(c1cc(Cl)ccc1N)C1CCCCC1.CC(C)(C)OC(=O)Nc1ccc(Cl)cc1C(O)C1CCCCC1. The zero-order valence-electron chi connectivity index (χ0n) is 31.4. The highest BCUT2D eigenvalue weighted by molar-refractivity contribution is 7.99. The van der Waals surface area contributed by atoms with Gasteiger partial charge in [-0.1, -0.05) is 61.7 Å². The Morgan fingerprint density at radius 1 is 0.865 bits per heavy atom. The Kier molecular flexibility index (Phi) is 21.3. The fourth-order valence-corrected chi connectivity index (χ4v) is 8.24. The van der Waals surface area contributed by atoms with E-state index in [1.165, 1.54) is 45.4 Å². The first-order valence-corrected chi connectivity index (χ1v) is 20.8. The number of aliphatic hydroxyl groups is 1. The highest BCUT2D eigenvalue weighted by atomic mass is 35.5. The third kappa shape index (κ3) is 18.1. The van der Waals surface area contributed by atoms with Crippen LogP contribution in [0.2, 0.25) is 10.0 Å². The third-order valence-corrected chi connectivity index (χ3v) is 10.9. The minimum Gasteiger partial charge on any atom is -0.444 e. The van der Waals surface area contributed by atoms with Gasteiger partial charge in [0.2, 0.25) is 11.8 Å². The van der Waals surface area contributed by atoms with Gasteiger partial charge >= 0.3 is 6.09 Å². The lowest BCUT2D eigenvalue weighted by Gasteiger charge is -2.31. The van der Waals surface area contributed by atoms with Gasteiger partial charge in [-0.15, -0.1) is 0 Å². The standard InChI is InChI=1S/C18H26ClNO3.C17H25ClN2OS.C4H9NOS/c1-18(2,3)23-17(22)20-15-10-9-13(19)11-14(15)16(21)12-7-5-4-6-8-12;1-12(21)20-9-10-22-17(13-5-3-2-4-6-13)15-11-14(18)7-8-16(15)19;1-4(6)5-2-3-7/h9-12,16,21H,4-8H2,1-3H3,(H,20,22);7-8,11,13,17H,2-6,9-10,19H2,1H3,(H,20,21);7H,2-3H2,1H3,(H,5,6). The number of thiol groups is 1. The number of amides is 3. The van der Waals surface area contributed by atoms with Gasteiger partial charge < -0.3 is 26.2 Å². The predicted octanol–water partition coefficient (Wildman–Crippen LogP) is 9.77. The molecule has 4 rings (SSSR count). The van der Waals surface area contributed by atoms with E-state index in [0.29, 0.717) is 46.3 Å². The summed E-state index contributed by atoms with van der Waals surface area (Å²) in [7, 11) is 0. The van der Waals surface area contributed by atoms with Crippen molar-refractivity contribution in [2.75, 3.05) is 35.6 Å². The van der Waals surface area contributed by atoms with Crippen LogP contribution in [0.15, 0.2) is 36.4 Å². The molecule has 2 atom stereocenters. The monoisotopic (exact) mass is 798 g/mol. The van der Waals surface area contributed by atoms with Crippen molar-refractivity contribution < 1.29 is 24.2 Å². The maximum atomic E-state index is 12.0. The van der Waals surface area contributed by atoms with E-state index in [2.05, 4.69) is 28.6 Å². The number of nitrogen functional groups attached to an aromatic ring is 1. The predicted molar refractivity (Wildman–Crippen MR) is 222 cm³/mol. The van der Waals surface area contributed by atoms with Gasteiger partial charge in [-0.25, -0.2) is 4.79 Å². The lowest BCUT2D eigenvalue weighted by atomic mass is 9.82. The molecule has 9 nitrogen and oxygen atoms in total. The molecule has 2 saturated carbocycles. The van der Waals surface area contributed by atoms with Crippen LogP contribution in [-0.4, -0.2) is 53.2 Å². The van der Waals surface area contributed by atoms with E-state index in [1.807, 2.05) is 50.7 Å². The van der Waals surface area contributed by atoms with Crippen LogP contribution in [0.5, 0.6) is 0 Å². The molecule has 0 radical (unpaired) electrons. The van der Waals surface area contributed by atoms with E-state index in [1.54, 1.807) is 25.1 Å². The second-order valence-electron chi connectivity index (χ2n) is 14.4. The summed E-state index contributed by atoms with van der Waals surface area (Å²) in [5.41, 5.74) is 8.84. The first kappa shape index (κ1) is 45.8. The smallest absolute Gasteiger partial charge is 0.412 e. The second kappa shape index (κ2) is 24.2. The third-order valence-electron chi connectivity index (χ3n) is 8.76. The minimum absolute atomic E-state index is 0.00838. The van der Waals surface area contributed by atoms with E-state index in [0.717, 1.165) is 47.7 Å². The first-order valence-electron chi connectivity index (χ1n) is 18.3. The molecule has 2 aliphatic carbocycles. The molecule has 0 bridgehead atoms. The van der Waals surface area contributed by atoms with Crippen molar-refractivity contribution in [2.24, 2.45) is 11.8 Å². The highest BCUT2D eigenvalue weighted by Gasteiger charge is 2.28. The van der Waals surface area contributed by atoms with Crippen LogP contribution in [0.25, 0.3) is 0 Å². The Labute approximate surface area is 331 Å². The van der Waals surface area contributed by atoms with Gasteiger partial charge in [0.1, 0.15) is 5.60 Å². The van der Waals surface area contributed by atoms with Crippen molar-refractivity contribution in [2.45, 2.75) is 116 Å². The summed E-state index contributed by atoms with van der Waals surface area (Å²) in [6.07, 6.45) is 10.8. The van der Waals surface area contributed by atoms with Crippen LogP contribution in [0.4, 0.5) is 16.2 Å². The minimum atomic E-state index is -0.626. The van der Waals surface area contributed by atoms with Gasteiger partial charge in [0.05, 0.1) is 6.10 Å². The molecule has 0 aromatic heterocycles. The molecule has 0 saturated heterocycles. The quantitative estimate of drug-likeness (QED) is 0.0755. The Hall–Kier alpha value is -2.31. The van der Waals surface area contributed by atoms with E-state index in [9.17, 15) is 19.5 Å². The number of nitrogens with one attached hydrogen (secondary N) is 3. The molecular weight excluding hydrogens is 739 g/mol. The van der Waals surface area contributed by atoms with Gasteiger partial charge in [0.15, 0.2) is 0 Å². The number of aliphatic hydroxyl groups excluding tert-OH is 1. The van der Waals surface area contributed by atoms with Crippen LogP contribution in [0.3, 0.4) is 0 Å². The maximum absolute atomic E-state index is 12.0. The molecule has 292 valence electrons. The molecule has 2 aromatic carbocycles. The van der Waals surface area contributed by atoms with Gasteiger partial charge in [0, 0.05) is 70.7 Å². The van der Waals surface area contributed by atoms with Gasteiger partial charge in [-0.05, 0) is 100 Å². The summed E-state index contributed by atoms with van der Waals surface area (Å²) in [6.45, 7) is 9.84. The summed E-state index contributed by atoms with van der Waals surface area (Å²) < 4.78 is 5.29. The largest absolute Gasteiger partial charge is 0.444 e. The van der Waals surface area contributed by atoms with Crippen molar-refractivity contribution in [3.63, 3.8) is 0 Å². The lowest BCUT2D eigenvalue weighted by molar-refractivity contribution is -0.119. The Morgan fingerprint density at radius 3 is 1.90 bits per heavy atom. The van der Waals surface area contributed by atoms with Gasteiger partial charge in [-0.3, -0.25) is 14.9 Å². The molecule has 0 spiro atoms. The number of rotatable bonds is 11. The number of carbonyl (C=O) groups is 3. The molecule has 52 heavy (non-hydrogen) atoms. The van der Waals surface area contributed by atoms with Crippen LogP contribution in [0, 0.1) is 11.8 Å². The molecule has 0 aliphatic heterocycles. The number of thioether (sulfide) groups is 1. The molecule has 3 amide bonds. The van der Waals surface area contributed by atoms with Crippen LogP contribution in [-0.2, 0) is 14.3 Å². The zero-order valence-corrected chi connectivity index (χ0v) is 34.7. The number of nitrogens with two attached hydrogens (primary N) is 1. The summed E-state index contributed by atoms with van der Waals surface area (Å²) in [5.74, 6) is 2.50. The number of anilines is 2. The first-order chi connectivity index (χ1) is 24.6. The number of carbonyl (C=O) groups excluding carboxylic acids is 3. The molecule has 2 unspecified atom stereocenters. The highest BCUT2D eigenvalue weighted by Crippen LogP contribution is 2.45. The van der Waals surface area contributed by atoms with E-state index < -0.39 is 17.8 Å². The number of hydrogen-bond donors (Lipinski definition) is 6. The number of ether oxygens (including phenoxy) is 1. The number of halogens is 2. The van der Waals surface area contributed by atoms with Crippen molar-refractivity contribution in [1.29, 1.82) is 0 Å². The van der Waals surface area contributed by atoms with Crippen molar-refractivity contribution in [1.82, 2.24) is 10.6 Å². The summed E-state index contributed by atoms with van der Waals surface area (Å²) in [6, 6.07) is 10.9. The molecule has 2 fully saturated rings. The molecule has 2 aromatic rings. The molecular formula is C39H60Cl2N4O5S2. The van der Waals surface area contributed by atoms with Crippen molar-refractivity contribution >= 4 is 76.9 Å². The topological polar surface area (TPSA) is 143 Å². The zero-order chi connectivity index (χ0) is 38.7. The summed E-state index contributed by atoms with van der Waals surface area (Å²) in [5, 5.41) is 20.6. The van der Waals surface area contributed by atoms with E-state index in [-0.39, 0.29) is 17.7 Å². The number of benzene rings is 2. The average Bonchev–Trinajstić information content (AvgIpc) is 3.09. The summed E-state index contributed by atoms with van der Waals surface area (Å²) >= 11 is 18.0. The second-order valence-corrected chi connectivity index (χ2v) is 16.9. The van der Waals surface area contributed by atoms with Gasteiger partial charge in [0.25, 0.3) is 0 Å². The van der Waals surface area contributed by atoms with Crippen LogP contribution in [0.1, 0.15) is 121 Å². The van der Waals surface area contributed by atoms with Crippen LogP contribution < -0.4 is 21.7 Å². The average molecular weight is 800 g/mol. The van der Waals surface area contributed by atoms with Crippen molar-refractivity contribution in [3.8, 4) is 0 Å². The Bertz CT molecular complexity index is 1400. The van der Waals surface area contributed by atoms with E-state index in [4.69, 9.17) is 33.7 Å². The van der Waals surface area contributed by atoms with Gasteiger partial charge in [-0.2, -0.15) is 24.4 Å². The fraction of sp³-hybridized carbons (Fsp3) is 0.615. The summed E-state index contributed by atoms with van der Waals surface area (Å²) in [4.78, 5) is 33.1. The normalized spacial score (nSPS) is 16.2. The number of hydrogen-bond acceptors (Lipinski definition) is 8. The Morgan fingerprint density at radius 2 is 1.38 bits per heavy atom. The molecule has 0 heterocycles. The van der Waals surface area contributed by atoms with Crippen molar-refractivity contribution in [3.05, 3.63) is 57.6 Å².